The van der Waals surface area contributed by atoms with Crippen LogP contribution in [-0.2, 0) is 11.3 Å². The summed E-state index contributed by atoms with van der Waals surface area (Å²) in [5.74, 6) is 0. The standard InChI is InChI=1S/C14H20N2O3/c1-15-12-7-3-5-9-14(12)19-10-11-6-2-4-8-13(11)16(17)18/h2,4,6,8,12,14-15H,3,5,7,9-10H2,1H3. The third-order valence-electron chi connectivity index (χ3n) is 3.71. The molecule has 0 aliphatic heterocycles. The van der Waals surface area contributed by atoms with Gasteiger partial charge in [-0.1, -0.05) is 25.0 Å². The van der Waals surface area contributed by atoms with Crippen LogP contribution in [0.3, 0.4) is 0 Å². The number of ether oxygens (including phenoxy) is 1. The molecular weight excluding hydrogens is 244 g/mol. The highest BCUT2D eigenvalue weighted by Gasteiger charge is 2.25. The Kier molecular flexibility index (Phi) is 4.87. The van der Waals surface area contributed by atoms with E-state index in [-0.39, 0.29) is 16.7 Å². The van der Waals surface area contributed by atoms with Gasteiger partial charge in [-0.05, 0) is 26.0 Å². The van der Waals surface area contributed by atoms with Crippen molar-refractivity contribution in [3.8, 4) is 0 Å². The summed E-state index contributed by atoms with van der Waals surface area (Å²) in [6, 6.07) is 7.13. The average Bonchev–Trinajstić information content (AvgIpc) is 2.45. The van der Waals surface area contributed by atoms with E-state index in [4.69, 9.17) is 4.74 Å². The zero-order valence-electron chi connectivity index (χ0n) is 11.2. The van der Waals surface area contributed by atoms with Gasteiger partial charge in [0.15, 0.2) is 0 Å². The van der Waals surface area contributed by atoms with E-state index in [0.29, 0.717) is 18.2 Å². The Labute approximate surface area is 113 Å². The lowest BCUT2D eigenvalue weighted by Crippen LogP contribution is -2.41. The number of hydrogen-bond acceptors (Lipinski definition) is 4. The second-order valence-corrected chi connectivity index (χ2v) is 4.91. The van der Waals surface area contributed by atoms with Gasteiger partial charge in [-0.3, -0.25) is 10.1 Å². The Morgan fingerprint density at radius 2 is 2.11 bits per heavy atom. The van der Waals surface area contributed by atoms with E-state index in [0.717, 1.165) is 12.8 Å². The maximum Gasteiger partial charge on any atom is 0.274 e. The molecule has 1 N–H and O–H groups in total. The lowest BCUT2D eigenvalue weighted by molar-refractivity contribution is -0.386. The number of para-hydroxylation sites is 1. The third-order valence-corrected chi connectivity index (χ3v) is 3.71. The Bertz CT molecular complexity index is 436. The minimum absolute atomic E-state index is 0.138. The maximum absolute atomic E-state index is 10.9. The molecule has 2 rings (SSSR count). The molecule has 1 aromatic carbocycles. The van der Waals surface area contributed by atoms with Crippen molar-refractivity contribution < 1.29 is 9.66 Å². The molecule has 1 aliphatic rings. The van der Waals surface area contributed by atoms with Crippen molar-refractivity contribution in [3.63, 3.8) is 0 Å². The molecule has 2 unspecified atom stereocenters. The first kappa shape index (κ1) is 14.0. The predicted octanol–water partition coefficient (Wildman–Crippen LogP) is 2.64. The topological polar surface area (TPSA) is 64.4 Å². The fraction of sp³-hybridized carbons (Fsp3) is 0.571. The highest BCUT2D eigenvalue weighted by molar-refractivity contribution is 5.39. The zero-order valence-corrected chi connectivity index (χ0v) is 11.2. The Hall–Kier alpha value is -1.46. The van der Waals surface area contributed by atoms with Crippen LogP contribution in [0.15, 0.2) is 24.3 Å². The monoisotopic (exact) mass is 264 g/mol. The van der Waals surface area contributed by atoms with Crippen molar-refractivity contribution in [2.45, 2.75) is 44.4 Å². The minimum atomic E-state index is -0.352. The van der Waals surface area contributed by atoms with Crippen LogP contribution in [0.4, 0.5) is 5.69 Å². The summed E-state index contributed by atoms with van der Waals surface area (Å²) in [6.07, 6.45) is 4.67. The van der Waals surface area contributed by atoms with E-state index in [1.807, 2.05) is 13.1 Å². The van der Waals surface area contributed by atoms with Gasteiger partial charge < -0.3 is 10.1 Å². The third kappa shape index (κ3) is 3.52. The largest absolute Gasteiger partial charge is 0.372 e. The number of hydrogen-bond donors (Lipinski definition) is 1. The minimum Gasteiger partial charge on any atom is -0.372 e. The van der Waals surface area contributed by atoms with Gasteiger partial charge in [0.2, 0.25) is 0 Å². The highest BCUT2D eigenvalue weighted by atomic mass is 16.6. The van der Waals surface area contributed by atoms with Crippen LogP contribution in [0.2, 0.25) is 0 Å². The van der Waals surface area contributed by atoms with Crippen molar-refractivity contribution in [2.75, 3.05) is 7.05 Å². The second-order valence-electron chi connectivity index (χ2n) is 4.91. The van der Waals surface area contributed by atoms with Gasteiger partial charge in [0.05, 0.1) is 23.2 Å². The predicted molar refractivity (Wildman–Crippen MR) is 73.0 cm³/mol. The highest BCUT2D eigenvalue weighted by Crippen LogP contribution is 2.24. The second kappa shape index (κ2) is 6.63. The quantitative estimate of drug-likeness (QED) is 0.656. The lowest BCUT2D eigenvalue weighted by atomic mass is 9.92. The summed E-state index contributed by atoms with van der Waals surface area (Å²) in [7, 11) is 1.94. The Morgan fingerprint density at radius 1 is 1.37 bits per heavy atom. The Balaban J connectivity index is 2.00. The summed E-state index contributed by atoms with van der Waals surface area (Å²) in [4.78, 5) is 10.6. The lowest BCUT2D eigenvalue weighted by Gasteiger charge is -2.31. The number of rotatable bonds is 5. The van der Waals surface area contributed by atoms with Gasteiger partial charge in [0.1, 0.15) is 0 Å². The van der Waals surface area contributed by atoms with Crippen molar-refractivity contribution in [1.29, 1.82) is 0 Å². The van der Waals surface area contributed by atoms with E-state index in [2.05, 4.69) is 5.32 Å². The summed E-state index contributed by atoms with van der Waals surface area (Å²) >= 11 is 0. The molecule has 1 aromatic rings. The first-order chi connectivity index (χ1) is 9.22. The summed E-state index contributed by atoms with van der Waals surface area (Å²) in [5, 5.41) is 14.2. The van der Waals surface area contributed by atoms with Gasteiger partial charge in [-0.15, -0.1) is 0 Å². The zero-order chi connectivity index (χ0) is 13.7. The van der Waals surface area contributed by atoms with E-state index in [1.54, 1.807) is 12.1 Å². The number of benzene rings is 1. The molecule has 0 saturated heterocycles. The van der Waals surface area contributed by atoms with Gasteiger partial charge in [-0.25, -0.2) is 0 Å². The summed E-state index contributed by atoms with van der Waals surface area (Å²) < 4.78 is 5.90. The number of nitrogens with one attached hydrogen (secondary N) is 1. The molecule has 0 aromatic heterocycles. The maximum atomic E-state index is 10.9. The number of nitrogens with zero attached hydrogens (tertiary/aromatic N) is 1. The van der Waals surface area contributed by atoms with Gasteiger partial charge >= 0.3 is 0 Å². The van der Waals surface area contributed by atoms with Crippen LogP contribution in [-0.4, -0.2) is 24.1 Å². The van der Waals surface area contributed by atoms with Gasteiger partial charge in [-0.2, -0.15) is 0 Å². The molecule has 104 valence electrons. The van der Waals surface area contributed by atoms with Crippen LogP contribution in [0.5, 0.6) is 0 Å². The van der Waals surface area contributed by atoms with Crippen LogP contribution < -0.4 is 5.32 Å². The van der Waals surface area contributed by atoms with Crippen LogP contribution >= 0.6 is 0 Å². The first-order valence-corrected chi connectivity index (χ1v) is 6.73. The molecule has 5 heteroatoms. The smallest absolute Gasteiger partial charge is 0.274 e. The van der Waals surface area contributed by atoms with Crippen molar-refractivity contribution >= 4 is 5.69 Å². The Morgan fingerprint density at radius 3 is 2.84 bits per heavy atom. The van der Waals surface area contributed by atoms with Gasteiger partial charge in [0.25, 0.3) is 5.69 Å². The number of likely N-dealkylation sites (N-methyl/N-ethyl adjacent to an activating group) is 1. The normalized spacial score (nSPS) is 23.2. The number of nitro benzene ring substituents is 1. The molecule has 0 radical (unpaired) electrons. The molecule has 19 heavy (non-hydrogen) atoms. The van der Waals surface area contributed by atoms with Crippen molar-refractivity contribution in [1.82, 2.24) is 5.32 Å². The molecular formula is C14H20N2O3. The van der Waals surface area contributed by atoms with Crippen LogP contribution in [0.1, 0.15) is 31.2 Å². The SMILES string of the molecule is CNC1CCCCC1OCc1ccccc1[N+](=O)[O-]. The van der Waals surface area contributed by atoms with E-state index in [9.17, 15) is 10.1 Å². The van der Waals surface area contributed by atoms with Crippen LogP contribution in [0, 0.1) is 10.1 Å². The van der Waals surface area contributed by atoms with E-state index >= 15 is 0 Å². The molecule has 1 fully saturated rings. The van der Waals surface area contributed by atoms with E-state index in [1.165, 1.54) is 18.9 Å². The molecule has 0 bridgehead atoms. The van der Waals surface area contributed by atoms with Crippen molar-refractivity contribution in [2.24, 2.45) is 0 Å². The fourth-order valence-corrected chi connectivity index (χ4v) is 2.63. The molecule has 1 saturated carbocycles. The molecule has 0 heterocycles. The molecule has 0 amide bonds. The average molecular weight is 264 g/mol. The number of nitro groups is 1. The van der Waals surface area contributed by atoms with Crippen LogP contribution in [0.25, 0.3) is 0 Å². The molecule has 1 aliphatic carbocycles. The van der Waals surface area contributed by atoms with Gasteiger partial charge in [0, 0.05) is 12.1 Å². The molecule has 5 nitrogen and oxygen atoms in total. The van der Waals surface area contributed by atoms with E-state index < -0.39 is 0 Å². The fourth-order valence-electron chi connectivity index (χ4n) is 2.63. The molecule has 2 atom stereocenters. The summed E-state index contributed by atoms with van der Waals surface area (Å²) in [6.45, 7) is 0.306. The molecule has 0 spiro atoms. The first-order valence-electron chi connectivity index (χ1n) is 6.73. The van der Waals surface area contributed by atoms with Crippen molar-refractivity contribution in [3.05, 3.63) is 39.9 Å². The summed E-state index contributed by atoms with van der Waals surface area (Å²) in [5.41, 5.74) is 0.784.